The van der Waals surface area contributed by atoms with Crippen molar-refractivity contribution in [3.63, 3.8) is 0 Å². The Kier molecular flexibility index (Phi) is 9.36. The highest BCUT2D eigenvalue weighted by atomic mass is 19.4. The SMILES string of the molecule is CC(C)CNC(=O)NCC(Cc1ccccc1)(c1cccc(OC(F)(F)F)c1)c1cccc(OC(F)(F)F)c1. The van der Waals surface area contributed by atoms with Gasteiger partial charge in [-0.25, -0.2) is 4.79 Å². The van der Waals surface area contributed by atoms with Crippen molar-refractivity contribution >= 4 is 6.03 Å². The van der Waals surface area contributed by atoms with Crippen LogP contribution in [0.25, 0.3) is 0 Å². The third kappa shape index (κ3) is 9.12. The van der Waals surface area contributed by atoms with Crippen LogP contribution in [-0.4, -0.2) is 31.8 Å². The standard InChI is InChI=1S/C28H28F6N2O3/c1-19(2)17-35-25(37)36-18-26(16-20-8-4-3-5-9-20,21-10-6-12-23(14-21)38-27(29,30)31)22-11-7-13-24(15-22)39-28(32,33)34/h3-15,19H,16-18H2,1-2H3,(H2,35,36,37). The zero-order valence-corrected chi connectivity index (χ0v) is 21.2. The summed E-state index contributed by atoms with van der Waals surface area (Å²) in [5.41, 5.74) is -0.0408. The van der Waals surface area contributed by atoms with Crippen molar-refractivity contribution in [3.05, 3.63) is 95.6 Å². The summed E-state index contributed by atoms with van der Waals surface area (Å²) in [4.78, 5) is 12.6. The molecule has 5 nitrogen and oxygen atoms in total. The third-order valence-electron chi connectivity index (χ3n) is 5.81. The Balaban J connectivity index is 2.17. The maximum Gasteiger partial charge on any atom is 0.573 e. The van der Waals surface area contributed by atoms with E-state index < -0.39 is 35.7 Å². The van der Waals surface area contributed by atoms with Crippen molar-refractivity contribution in [2.24, 2.45) is 5.92 Å². The number of ether oxygens (including phenoxy) is 2. The summed E-state index contributed by atoms with van der Waals surface area (Å²) in [6, 6.07) is 18.7. The summed E-state index contributed by atoms with van der Waals surface area (Å²) in [6.07, 6.45) is -9.81. The highest BCUT2D eigenvalue weighted by Gasteiger charge is 2.38. The summed E-state index contributed by atoms with van der Waals surface area (Å²) in [5.74, 6) is -0.869. The first-order valence-corrected chi connectivity index (χ1v) is 12.0. The number of hydrogen-bond donors (Lipinski definition) is 2. The number of carbonyl (C=O) groups excluding carboxylic acids is 1. The number of halogens is 6. The second-order valence-corrected chi connectivity index (χ2v) is 9.35. The molecule has 3 rings (SSSR count). The molecule has 0 bridgehead atoms. The van der Waals surface area contributed by atoms with Crippen molar-refractivity contribution in [1.82, 2.24) is 10.6 Å². The molecule has 0 aromatic heterocycles. The smallest absolute Gasteiger partial charge is 0.406 e. The highest BCUT2D eigenvalue weighted by molar-refractivity contribution is 5.74. The number of hydrogen-bond acceptors (Lipinski definition) is 3. The highest BCUT2D eigenvalue weighted by Crippen LogP contribution is 2.39. The minimum absolute atomic E-state index is 0.114. The Morgan fingerprint density at radius 3 is 1.72 bits per heavy atom. The van der Waals surface area contributed by atoms with Gasteiger partial charge in [0, 0.05) is 18.5 Å². The summed E-state index contributed by atoms with van der Waals surface area (Å²) in [5, 5.41) is 5.46. The van der Waals surface area contributed by atoms with Gasteiger partial charge in [0.15, 0.2) is 0 Å². The van der Waals surface area contributed by atoms with E-state index in [4.69, 9.17) is 0 Å². The van der Waals surface area contributed by atoms with Crippen LogP contribution in [0.15, 0.2) is 78.9 Å². The van der Waals surface area contributed by atoms with Gasteiger partial charge in [0.1, 0.15) is 11.5 Å². The Morgan fingerprint density at radius 2 is 1.26 bits per heavy atom. The molecule has 3 aromatic rings. The molecule has 0 heterocycles. The zero-order chi connectivity index (χ0) is 28.7. The molecule has 0 aliphatic heterocycles. The number of nitrogens with one attached hydrogen (secondary N) is 2. The van der Waals surface area contributed by atoms with Crippen LogP contribution in [-0.2, 0) is 11.8 Å². The van der Waals surface area contributed by atoms with E-state index >= 15 is 0 Å². The van der Waals surface area contributed by atoms with Gasteiger partial charge < -0.3 is 20.1 Å². The van der Waals surface area contributed by atoms with Gasteiger partial charge in [0.05, 0.1) is 0 Å². The molecule has 0 atom stereocenters. The first-order valence-electron chi connectivity index (χ1n) is 12.0. The van der Waals surface area contributed by atoms with Crippen LogP contribution < -0.4 is 20.1 Å². The van der Waals surface area contributed by atoms with E-state index in [-0.39, 0.29) is 30.0 Å². The van der Waals surface area contributed by atoms with Gasteiger partial charge in [-0.1, -0.05) is 68.4 Å². The molecular formula is C28H28F6N2O3. The molecule has 0 saturated heterocycles. The van der Waals surface area contributed by atoms with E-state index in [2.05, 4.69) is 20.1 Å². The predicted molar refractivity (Wildman–Crippen MR) is 133 cm³/mol. The molecule has 0 spiro atoms. The molecule has 210 valence electrons. The minimum Gasteiger partial charge on any atom is -0.406 e. The van der Waals surface area contributed by atoms with Gasteiger partial charge in [-0.3, -0.25) is 0 Å². The van der Waals surface area contributed by atoms with Crippen molar-refractivity contribution in [1.29, 1.82) is 0 Å². The van der Waals surface area contributed by atoms with Gasteiger partial charge in [0.2, 0.25) is 0 Å². The van der Waals surface area contributed by atoms with E-state index in [0.29, 0.717) is 6.54 Å². The predicted octanol–water partition coefficient (Wildman–Crippen LogP) is 6.97. The molecule has 2 amide bonds. The van der Waals surface area contributed by atoms with Crippen LogP contribution in [0.2, 0.25) is 0 Å². The lowest BCUT2D eigenvalue weighted by molar-refractivity contribution is -0.275. The largest absolute Gasteiger partial charge is 0.573 e. The Labute approximate surface area is 222 Å². The molecule has 2 N–H and O–H groups in total. The van der Waals surface area contributed by atoms with E-state index in [9.17, 15) is 31.1 Å². The van der Waals surface area contributed by atoms with Crippen LogP contribution in [0, 0.1) is 5.92 Å². The quantitative estimate of drug-likeness (QED) is 0.266. The maximum absolute atomic E-state index is 13.0. The Bertz CT molecular complexity index is 1170. The first kappa shape index (κ1) is 29.7. The number of amides is 2. The summed E-state index contributed by atoms with van der Waals surface area (Å²) < 4.78 is 86.5. The van der Waals surface area contributed by atoms with Crippen molar-refractivity contribution < 1.29 is 40.6 Å². The number of rotatable bonds is 10. The second kappa shape index (κ2) is 12.3. The fraction of sp³-hybridized carbons (Fsp3) is 0.321. The molecule has 0 aliphatic carbocycles. The van der Waals surface area contributed by atoms with Crippen molar-refractivity contribution in [2.45, 2.75) is 38.4 Å². The van der Waals surface area contributed by atoms with E-state index in [1.807, 2.05) is 13.8 Å². The molecule has 11 heteroatoms. The summed E-state index contributed by atoms with van der Waals surface area (Å²) >= 11 is 0. The van der Waals surface area contributed by atoms with Gasteiger partial charge in [-0.15, -0.1) is 26.3 Å². The summed E-state index contributed by atoms with van der Waals surface area (Å²) in [6.45, 7) is 3.99. The molecule has 0 saturated carbocycles. The maximum atomic E-state index is 13.0. The second-order valence-electron chi connectivity index (χ2n) is 9.35. The third-order valence-corrected chi connectivity index (χ3v) is 5.81. The van der Waals surface area contributed by atoms with E-state index in [1.165, 1.54) is 36.4 Å². The van der Waals surface area contributed by atoms with E-state index in [1.54, 1.807) is 30.3 Å². The zero-order valence-electron chi connectivity index (χ0n) is 21.2. The molecule has 0 radical (unpaired) electrons. The monoisotopic (exact) mass is 554 g/mol. The lowest BCUT2D eigenvalue weighted by Crippen LogP contribution is -2.47. The van der Waals surface area contributed by atoms with Crippen LogP contribution in [0.3, 0.4) is 0 Å². The number of benzene rings is 3. The Morgan fingerprint density at radius 1 is 0.744 bits per heavy atom. The lowest BCUT2D eigenvalue weighted by atomic mass is 9.70. The van der Waals surface area contributed by atoms with Gasteiger partial charge in [0.25, 0.3) is 0 Å². The molecule has 0 fully saturated rings. The molecule has 39 heavy (non-hydrogen) atoms. The molecule has 0 aliphatic rings. The van der Waals surface area contributed by atoms with Gasteiger partial charge >= 0.3 is 18.8 Å². The van der Waals surface area contributed by atoms with Gasteiger partial charge in [-0.2, -0.15) is 0 Å². The Hall–Kier alpha value is -3.89. The van der Waals surface area contributed by atoms with Gasteiger partial charge in [-0.05, 0) is 53.3 Å². The fourth-order valence-electron chi connectivity index (χ4n) is 4.15. The normalized spacial score (nSPS) is 12.2. The number of alkyl halides is 6. The number of urea groups is 1. The lowest BCUT2D eigenvalue weighted by Gasteiger charge is -2.36. The van der Waals surface area contributed by atoms with Crippen LogP contribution in [0.1, 0.15) is 30.5 Å². The van der Waals surface area contributed by atoms with Crippen LogP contribution in [0.5, 0.6) is 11.5 Å². The van der Waals surface area contributed by atoms with Crippen molar-refractivity contribution in [2.75, 3.05) is 13.1 Å². The average molecular weight is 555 g/mol. The molecular weight excluding hydrogens is 526 g/mol. The van der Waals surface area contributed by atoms with Crippen LogP contribution >= 0.6 is 0 Å². The average Bonchev–Trinajstić information content (AvgIpc) is 2.84. The summed E-state index contributed by atoms with van der Waals surface area (Å²) in [7, 11) is 0. The molecule has 3 aromatic carbocycles. The molecule has 0 unspecified atom stereocenters. The van der Waals surface area contributed by atoms with Crippen molar-refractivity contribution in [3.8, 4) is 11.5 Å². The topological polar surface area (TPSA) is 59.6 Å². The first-order chi connectivity index (χ1) is 18.3. The van der Waals surface area contributed by atoms with Crippen LogP contribution in [0.4, 0.5) is 31.1 Å². The van der Waals surface area contributed by atoms with E-state index in [0.717, 1.165) is 17.7 Å². The minimum atomic E-state index is -4.96. The fourth-order valence-corrected chi connectivity index (χ4v) is 4.15. The number of carbonyl (C=O) groups is 1.